The van der Waals surface area contributed by atoms with Crippen LogP contribution in [0.3, 0.4) is 0 Å². The number of aromatic nitrogens is 3. The van der Waals surface area contributed by atoms with Gasteiger partial charge < -0.3 is 19.4 Å². The predicted octanol–water partition coefficient (Wildman–Crippen LogP) is 4.70. The summed E-state index contributed by atoms with van der Waals surface area (Å²) >= 11 is 0. The topological polar surface area (TPSA) is 112 Å². The summed E-state index contributed by atoms with van der Waals surface area (Å²) in [6.07, 6.45) is 4.65. The average Bonchev–Trinajstić information content (AvgIpc) is 3.37. The summed E-state index contributed by atoms with van der Waals surface area (Å²) in [6.45, 7) is 7.37. The van der Waals surface area contributed by atoms with Crippen LogP contribution in [-0.2, 0) is 50.7 Å². The molecule has 0 unspecified atom stereocenters. The lowest BCUT2D eigenvalue weighted by Crippen LogP contribution is -2.47. The Morgan fingerprint density at radius 3 is 2.70 bits per heavy atom. The number of nitrogens with one attached hydrogen (secondary N) is 1. The van der Waals surface area contributed by atoms with Crippen molar-refractivity contribution in [2.75, 3.05) is 0 Å². The normalized spacial score (nSPS) is 19.9. The number of ether oxygens (including phenoxy) is 2. The van der Waals surface area contributed by atoms with E-state index >= 15 is 4.39 Å². The van der Waals surface area contributed by atoms with E-state index in [1.54, 1.807) is 23.9 Å². The highest BCUT2D eigenvalue weighted by molar-refractivity contribution is 5.94. The SMILES string of the molecule is CC[C@@]1(OC(C)C)C(=O)OCc2c1cc1n(c2=O)Cc2c-1nc1cc(F)c(C)c3c1c2[C@@H](NC(=O)Cc1ccncc1)CC3. The zero-order valence-electron chi connectivity index (χ0n) is 25.1. The molecule has 0 bridgehead atoms. The van der Waals surface area contributed by atoms with Gasteiger partial charge in [-0.25, -0.2) is 14.2 Å². The van der Waals surface area contributed by atoms with E-state index in [0.29, 0.717) is 46.4 Å². The summed E-state index contributed by atoms with van der Waals surface area (Å²) < 4.78 is 28.6. The number of esters is 1. The predicted molar refractivity (Wildman–Crippen MR) is 160 cm³/mol. The molecule has 2 aliphatic heterocycles. The molecule has 4 aromatic rings. The molecular formula is C34H33FN4O5. The van der Waals surface area contributed by atoms with Crippen LogP contribution in [0.2, 0.25) is 0 Å². The number of rotatable bonds is 6. The first kappa shape index (κ1) is 28.3. The van der Waals surface area contributed by atoms with E-state index in [-0.39, 0.29) is 55.4 Å². The van der Waals surface area contributed by atoms with E-state index in [0.717, 1.165) is 27.6 Å². The molecule has 5 heterocycles. The highest BCUT2D eigenvalue weighted by atomic mass is 19.1. The Bertz CT molecular complexity index is 1940. The quantitative estimate of drug-likeness (QED) is 0.283. The van der Waals surface area contributed by atoms with Crippen molar-refractivity contribution in [2.24, 2.45) is 0 Å². The van der Waals surface area contributed by atoms with Crippen LogP contribution in [0.15, 0.2) is 41.5 Å². The van der Waals surface area contributed by atoms with Gasteiger partial charge in [-0.05, 0) is 80.5 Å². The third-order valence-corrected chi connectivity index (χ3v) is 9.23. The molecule has 7 rings (SSSR count). The maximum absolute atomic E-state index is 15.2. The Labute approximate surface area is 253 Å². The molecule has 3 aliphatic rings. The number of benzene rings is 1. The van der Waals surface area contributed by atoms with Crippen molar-refractivity contribution >= 4 is 22.8 Å². The van der Waals surface area contributed by atoms with E-state index in [2.05, 4.69) is 10.3 Å². The third kappa shape index (κ3) is 4.18. The lowest BCUT2D eigenvalue weighted by atomic mass is 9.81. The van der Waals surface area contributed by atoms with Crippen molar-refractivity contribution in [1.29, 1.82) is 0 Å². The number of carbonyl (C=O) groups excluding carboxylic acids is 2. The number of hydrogen-bond donors (Lipinski definition) is 1. The average molecular weight is 597 g/mol. The molecular weight excluding hydrogens is 563 g/mol. The van der Waals surface area contributed by atoms with Gasteiger partial charge in [0.25, 0.3) is 5.56 Å². The van der Waals surface area contributed by atoms with Gasteiger partial charge in [-0.2, -0.15) is 0 Å². The molecule has 1 aliphatic carbocycles. The standard InChI is InChI=1S/C34H33FN4O5/c1-5-34(44-17(2)3)23-13-27-31-21(15-39(27)32(41)22(23)16-43-33(34)42)30-25(37-28(40)12-19-8-10-36-11-9-19)7-6-20-18(4)24(35)14-26(38-31)29(20)30/h8-11,13-14,17,25H,5-7,12,15-16H2,1-4H3,(H,37,40)/t25-,34-/m0/s1. The third-order valence-electron chi connectivity index (χ3n) is 9.23. The largest absolute Gasteiger partial charge is 0.458 e. The van der Waals surface area contributed by atoms with Crippen molar-refractivity contribution < 1.29 is 23.5 Å². The first-order valence-corrected chi connectivity index (χ1v) is 15.1. The Balaban J connectivity index is 1.42. The van der Waals surface area contributed by atoms with Crippen LogP contribution < -0.4 is 10.9 Å². The lowest BCUT2D eigenvalue weighted by molar-refractivity contribution is -0.187. The maximum atomic E-state index is 15.2. The molecule has 1 aromatic carbocycles. The fourth-order valence-corrected chi connectivity index (χ4v) is 7.22. The number of carbonyl (C=O) groups is 2. The molecule has 10 heteroatoms. The number of cyclic esters (lactones) is 1. The van der Waals surface area contributed by atoms with Crippen molar-refractivity contribution in [1.82, 2.24) is 19.9 Å². The molecule has 0 saturated carbocycles. The summed E-state index contributed by atoms with van der Waals surface area (Å²) in [5.41, 5.74) is 4.70. The smallest absolute Gasteiger partial charge is 0.343 e. The summed E-state index contributed by atoms with van der Waals surface area (Å²) in [5, 5.41) is 4.06. The number of halogens is 1. The zero-order valence-corrected chi connectivity index (χ0v) is 25.1. The van der Waals surface area contributed by atoms with Crippen molar-refractivity contribution in [3.8, 4) is 11.4 Å². The van der Waals surface area contributed by atoms with Crippen LogP contribution in [0.4, 0.5) is 4.39 Å². The molecule has 1 amide bonds. The second kappa shape index (κ2) is 10.3. The summed E-state index contributed by atoms with van der Waals surface area (Å²) in [5.74, 6) is -1.01. The molecule has 0 spiro atoms. The van der Waals surface area contributed by atoms with E-state index in [4.69, 9.17) is 14.5 Å². The molecule has 9 nitrogen and oxygen atoms in total. The summed E-state index contributed by atoms with van der Waals surface area (Å²) in [4.78, 5) is 49.5. The van der Waals surface area contributed by atoms with Crippen LogP contribution in [0, 0.1) is 12.7 Å². The van der Waals surface area contributed by atoms with Gasteiger partial charge in [0.15, 0.2) is 5.60 Å². The highest BCUT2D eigenvalue weighted by Crippen LogP contribution is 2.46. The van der Waals surface area contributed by atoms with Gasteiger partial charge in [-0.1, -0.05) is 6.92 Å². The Morgan fingerprint density at radius 2 is 1.98 bits per heavy atom. The fourth-order valence-electron chi connectivity index (χ4n) is 7.22. The van der Waals surface area contributed by atoms with Gasteiger partial charge in [0.05, 0.1) is 47.6 Å². The number of aryl methyl sites for hydroxylation is 1. The molecule has 3 aromatic heterocycles. The monoisotopic (exact) mass is 596 g/mol. The van der Waals surface area contributed by atoms with Gasteiger partial charge in [0.2, 0.25) is 5.91 Å². The van der Waals surface area contributed by atoms with Crippen LogP contribution in [0.5, 0.6) is 0 Å². The number of hydrogen-bond acceptors (Lipinski definition) is 7. The molecule has 226 valence electrons. The highest BCUT2D eigenvalue weighted by Gasteiger charge is 2.49. The van der Waals surface area contributed by atoms with Crippen molar-refractivity contribution in [2.45, 2.75) is 84.3 Å². The minimum Gasteiger partial charge on any atom is -0.458 e. The van der Waals surface area contributed by atoms with E-state index < -0.39 is 11.6 Å². The number of nitrogens with zero attached hydrogens (tertiary/aromatic N) is 3. The first-order chi connectivity index (χ1) is 21.1. The second-order valence-corrected chi connectivity index (χ2v) is 12.1. The van der Waals surface area contributed by atoms with Gasteiger partial charge in [0.1, 0.15) is 12.4 Å². The molecule has 0 radical (unpaired) electrons. The second-order valence-electron chi connectivity index (χ2n) is 12.1. The molecule has 0 saturated heterocycles. The summed E-state index contributed by atoms with van der Waals surface area (Å²) in [6, 6.07) is 6.52. The van der Waals surface area contributed by atoms with Gasteiger partial charge in [0, 0.05) is 35.0 Å². The fraction of sp³-hybridized carbons (Fsp3) is 0.382. The van der Waals surface area contributed by atoms with Crippen molar-refractivity contribution in [3.63, 3.8) is 0 Å². The van der Waals surface area contributed by atoms with Gasteiger partial charge in [-0.3, -0.25) is 14.6 Å². The molecule has 0 fully saturated rings. The van der Waals surface area contributed by atoms with Crippen LogP contribution in [-0.4, -0.2) is 32.5 Å². The number of amides is 1. The molecule has 1 N–H and O–H groups in total. The first-order valence-electron chi connectivity index (χ1n) is 15.1. The maximum Gasteiger partial charge on any atom is 0.343 e. The van der Waals surface area contributed by atoms with Crippen LogP contribution in [0.1, 0.15) is 78.6 Å². The Kier molecular flexibility index (Phi) is 6.65. The van der Waals surface area contributed by atoms with E-state index in [1.165, 1.54) is 6.07 Å². The Morgan fingerprint density at radius 1 is 1.20 bits per heavy atom. The van der Waals surface area contributed by atoms with Crippen molar-refractivity contribution in [3.05, 3.63) is 91.8 Å². The molecule has 44 heavy (non-hydrogen) atoms. The minimum atomic E-state index is -1.43. The number of fused-ring (bicyclic) bond motifs is 5. The minimum absolute atomic E-state index is 0.139. The van der Waals surface area contributed by atoms with Crippen LogP contribution in [0.25, 0.3) is 22.3 Å². The molecule has 2 atom stereocenters. The van der Waals surface area contributed by atoms with Gasteiger partial charge in [-0.15, -0.1) is 0 Å². The Hall–Kier alpha value is -4.44. The lowest BCUT2D eigenvalue weighted by Gasteiger charge is -2.37. The van der Waals surface area contributed by atoms with E-state index in [9.17, 15) is 14.4 Å². The van der Waals surface area contributed by atoms with Gasteiger partial charge >= 0.3 is 5.97 Å². The zero-order chi connectivity index (χ0) is 30.9. The van der Waals surface area contributed by atoms with Crippen LogP contribution >= 0.6 is 0 Å². The number of pyridine rings is 3. The van der Waals surface area contributed by atoms with E-state index in [1.807, 2.05) is 39.0 Å². The summed E-state index contributed by atoms with van der Waals surface area (Å²) in [7, 11) is 0.